The summed E-state index contributed by atoms with van der Waals surface area (Å²) in [5.74, 6) is 0. The lowest BCUT2D eigenvalue weighted by atomic mass is 9.91. The average molecular weight is 865 g/mol. The number of benzene rings is 12. The molecule has 0 unspecified atom stereocenters. The molecule has 0 aliphatic carbocycles. The molecule has 13 aromatic rings. The number of aromatic nitrogens is 1. The van der Waals surface area contributed by atoms with Crippen LogP contribution in [0.4, 0.5) is 17.1 Å². The zero-order valence-electron chi connectivity index (χ0n) is 37.3. The van der Waals surface area contributed by atoms with Crippen LogP contribution < -0.4 is 4.90 Å². The Bertz CT molecular complexity index is 3970. The van der Waals surface area contributed by atoms with E-state index < -0.39 is 0 Å². The molecule has 0 fully saturated rings. The molecule has 0 saturated carbocycles. The van der Waals surface area contributed by atoms with Gasteiger partial charge in [-0.25, -0.2) is 0 Å². The second-order valence-electron chi connectivity index (χ2n) is 17.7. The number of fused-ring (bicyclic) bond motifs is 6. The summed E-state index contributed by atoms with van der Waals surface area (Å²) in [7, 11) is 0. The maximum atomic E-state index is 2.43. The maximum absolute atomic E-state index is 2.43. The fourth-order valence-electron chi connectivity index (χ4n) is 10.5. The molecule has 13 rings (SSSR count). The van der Waals surface area contributed by atoms with Crippen molar-refractivity contribution in [2.75, 3.05) is 4.90 Å². The predicted molar refractivity (Wildman–Crippen MR) is 290 cm³/mol. The minimum atomic E-state index is 1.08. The van der Waals surface area contributed by atoms with Crippen LogP contribution in [-0.4, -0.2) is 4.57 Å². The highest BCUT2D eigenvalue weighted by molar-refractivity contribution is 6.10. The highest BCUT2D eigenvalue weighted by Crippen LogP contribution is 2.43. The number of anilines is 3. The van der Waals surface area contributed by atoms with E-state index >= 15 is 0 Å². The quantitative estimate of drug-likeness (QED) is 0.148. The molecule has 0 amide bonds. The largest absolute Gasteiger partial charge is 0.310 e. The van der Waals surface area contributed by atoms with Crippen LogP contribution in [0.5, 0.6) is 0 Å². The molecule has 2 heteroatoms. The van der Waals surface area contributed by atoms with Crippen molar-refractivity contribution in [2.24, 2.45) is 0 Å². The average Bonchev–Trinajstić information content (AvgIpc) is 3.75. The Labute approximate surface area is 395 Å². The Balaban J connectivity index is 0.951. The van der Waals surface area contributed by atoms with Crippen LogP contribution in [0.15, 0.2) is 267 Å². The summed E-state index contributed by atoms with van der Waals surface area (Å²) in [5, 5.41) is 9.85. The van der Waals surface area contributed by atoms with E-state index in [1.54, 1.807) is 0 Å². The van der Waals surface area contributed by atoms with Gasteiger partial charge in [0.15, 0.2) is 0 Å². The van der Waals surface area contributed by atoms with Gasteiger partial charge in [0.25, 0.3) is 0 Å². The standard InChI is InChI=1S/C66H44N2/c1-2-16-47(17-3-1)59-26-13-19-49-20-14-27-60(66(49)59)48-36-38-55(39-37-48)67(56-22-12-21-51(43-56)52-33-31-45-15-4-5-18-50(45)41-52)57-40-35-46-32-34-53(42-54(46)44-57)58-23-6-9-28-63(58)68-64-29-10-7-24-61(64)62-25-8-11-30-65(62)68/h1-44H. The zero-order valence-corrected chi connectivity index (χ0v) is 37.3. The predicted octanol–water partition coefficient (Wildman–Crippen LogP) is 18.4. The van der Waals surface area contributed by atoms with Crippen LogP contribution in [0.25, 0.3) is 104 Å². The molecule has 0 bridgehead atoms. The highest BCUT2D eigenvalue weighted by Gasteiger charge is 2.19. The van der Waals surface area contributed by atoms with Crippen molar-refractivity contribution in [3.05, 3.63) is 267 Å². The first-order valence-electron chi connectivity index (χ1n) is 23.4. The fourth-order valence-corrected chi connectivity index (χ4v) is 10.5. The van der Waals surface area contributed by atoms with Gasteiger partial charge < -0.3 is 9.47 Å². The Hall–Kier alpha value is -8.98. The van der Waals surface area contributed by atoms with Gasteiger partial charge in [-0.15, -0.1) is 0 Å². The summed E-state index contributed by atoms with van der Waals surface area (Å²) in [6, 6.07) is 97.6. The summed E-state index contributed by atoms with van der Waals surface area (Å²) in [5.41, 5.74) is 16.4. The molecule has 0 radical (unpaired) electrons. The van der Waals surface area contributed by atoms with Gasteiger partial charge in [0, 0.05) is 33.4 Å². The summed E-state index contributed by atoms with van der Waals surface area (Å²) in [6.07, 6.45) is 0. The van der Waals surface area contributed by atoms with E-state index in [-0.39, 0.29) is 0 Å². The van der Waals surface area contributed by atoms with Gasteiger partial charge in [0.05, 0.1) is 16.7 Å². The van der Waals surface area contributed by atoms with Gasteiger partial charge in [-0.3, -0.25) is 0 Å². The SMILES string of the molecule is c1ccc(-c2cccc3cccc(-c4ccc(N(c5cccc(-c6ccc7ccccc7c6)c5)c5ccc6ccc(-c7ccccc7-n7c8ccccc8c8ccccc87)cc6c5)cc4)c23)cc1. The number of hydrogen-bond donors (Lipinski definition) is 0. The third-order valence-corrected chi connectivity index (χ3v) is 13.7. The van der Waals surface area contributed by atoms with Gasteiger partial charge in [0.1, 0.15) is 0 Å². The topological polar surface area (TPSA) is 8.17 Å². The number of hydrogen-bond acceptors (Lipinski definition) is 1. The van der Waals surface area contributed by atoms with Crippen molar-refractivity contribution in [2.45, 2.75) is 0 Å². The van der Waals surface area contributed by atoms with Crippen LogP contribution in [0.2, 0.25) is 0 Å². The molecule has 0 aliphatic rings. The minimum absolute atomic E-state index is 1.08. The summed E-state index contributed by atoms with van der Waals surface area (Å²) in [6.45, 7) is 0. The van der Waals surface area contributed by atoms with E-state index in [0.717, 1.165) is 22.7 Å². The molecular weight excluding hydrogens is 821 g/mol. The van der Waals surface area contributed by atoms with E-state index in [2.05, 4.69) is 276 Å². The first-order chi connectivity index (χ1) is 33.7. The van der Waals surface area contributed by atoms with Crippen molar-refractivity contribution in [3.8, 4) is 50.2 Å². The van der Waals surface area contributed by atoms with Gasteiger partial charge in [0.2, 0.25) is 0 Å². The van der Waals surface area contributed by atoms with E-state index in [9.17, 15) is 0 Å². The van der Waals surface area contributed by atoms with Crippen molar-refractivity contribution in [1.29, 1.82) is 0 Å². The number of nitrogens with zero attached hydrogens (tertiary/aromatic N) is 2. The molecule has 0 aliphatic heterocycles. The molecule has 318 valence electrons. The van der Waals surface area contributed by atoms with E-state index in [0.29, 0.717) is 0 Å². The fraction of sp³-hybridized carbons (Fsp3) is 0. The van der Waals surface area contributed by atoms with Crippen LogP contribution in [0, 0.1) is 0 Å². The van der Waals surface area contributed by atoms with Gasteiger partial charge in [-0.1, -0.05) is 200 Å². The molecule has 0 atom stereocenters. The molecule has 0 spiro atoms. The van der Waals surface area contributed by atoms with Gasteiger partial charge in [-0.2, -0.15) is 0 Å². The van der Waals surface area contributed by atoms with Crippen LogP contribution in [0.3, 0.4) is 0 Å². The van der Waals surface area contributed by atoms with Gasteiger partial charge >= 0.3 is 0 Å². The maximum Gasteiger partial charge on any atom is 0.0541 e. The normalized spacial score (nSPS) is 11.5. The monoisotopic (exact) mass is 864 g/mol. The summed E-state index contributed by atoms with van der Waals surface area (Å²) >= 11 is 0. The Morgan fingerprint density at radius 3 is 1.50 bits per heavy atom. The van der Waals surface area contributed by atoms with E-state index in [1.807, 2.05) is 0 Å². The first kappa shape index (κ1) is 39.4. The molecule has 1 aromatic heterocycles. The third kappa shape index (κ3) is 6.82. The minimum Gasteiger partial charge on any atom is -0.310 e. The lowest BCUT2D eigenvalue weighted by molar-refractivity contribution is 1.18. The summed E-state index contributed by atoms with van der Waals surface area (Å²) in [4.78, 5) is 2.41. The zero-order chi connectivity index (χ0) is 45.0. The van der Waals surface area contributed by atoms with Crippen molar-refractivity contribution < 1.29 is 0 Å². The van der Waals surface area contributed by atoms with E-state index in [4.69, 9.17) is 0 Å². The Kier molecular flexibility index (Phi) is 9.54. The Morgan fingerprint density at radius 1 is 0.250 bits per heavy atom. The smallest absolute Gasteiger partial charge is 0.0541 e. The molecule has 0 saturated heterocycles. The lowest BCUT2D eigenvalue weighted by Gasteiger charge is -2.27. The van der Waals surface area contributed by atoms with Crippen LogP contribution in [0.1, 0.15) is 0 Å². The second kappa shape index (κ2) is 16.5. The molecule has 0 N–H and O–H groups in total. The second-order valence-corrected chi connectivity index (χ2v) is 17.7. The van der Waals surface area contributed by atoms with Crippen LogP contribution >= 0.6 is 0 Å². The van der Waals surface area contributed by atoms with Crippen molar-refractivity contribution >= 4 is 71.2 Å². The van der Waals surface area contributed by atoms with E-state index in [1.165, 1.54) is 98.6 Å². The molecule has 68 heavy (non-hydrogen) atoms. The number of rotatable bonds is 8. The first-order valence-corrected chi connectivity index (χ1v) is 23.4. The molecule has 2 nitrogen and oxygen atoms in total. The van der Waals surface area contributed by atoms with Gasteiger partial charge in [-0.05, 0) is 138 Å². The van der Waals surface area contributed by atoms with Crippen molar-refractivity contribution in [3.63, 3.8) is 0 Å². The highest BCUT2D eigenvalue weighted by atomic mass is 15.1. The van der Waals surface area contributed by atoms with Crippen molar-refractivity contribution in [1.82, 2.24) is 4.57 Å². The molecule has 12 aromatic carbocycles. The molecular formula is C66H44N2. The third-order valence-electron chi connectivity index (χ3n) is 13.7. The lowest BCUT2D eigenvalue weighted by Crippen LogP contribution is -2.10. The number of para-hydroxylation sites is 3. The molecule has 1 heterocycles. The Morgan fingerprint density at radius 2 is 0.735 bits per heavy atom. The summed E-state index contributed by atoms with van der Waals surface area (Å²) < 4.78 is 2.43. The van der Waals surface area contributed by atoms with Crippen LogP contribution in [-0.2, 0) is 0 Å².